The molecule has 0 aliphatic rings. The Hall–Kier alpha value is -1.31. The van der Waals surface area contributed by atoms with Gasteiger partial charge in [-0.3, -0.25) is 0 Å². The van der Waals surface area contributed by atoms with Crippen LogP contribution in [-0.2, 0) is 12.3 Å². The Balaban J connectivity index is 3.60. The average molecular weight is 356 g/mol. The van der Waals surface area contributed by atoms with Gasteiger partial charge in [0.2, 0.25) is 0 Å². The van der Waals surface area contributed by atoms with E-state index in [1.165, 1.54) is 6.92 Å². The summed E-state index contributed by atoms with van der Waals surface area (Å²) < 4.78 is 65.8. The van der Waals surface area contributed by atoms with Crippen molar-refractivity contribution in [3.8, 4) is 0 Å². The van der Waals surface area contributed by atoms with E-state index in [2.05, 4.69) is 0 Å². The molecule has 0 spiro atoms. The number of rotatable bonds is 6. The van der Waals surface area contributed by atoms with Crippen LogP contribution in [0.1, 0.15) is 42.3 Å². The Bertz CT molecular complexity index is 582. The van der Waals surface area contributed by atoms with E-state index in [-0.39, 0.29) is 28.4 Å². The molecule has 0 aliphatic heterocycles. The van der Waals surface area contributed by atoms with Crippen molar-refractivity contribution in [1.29, 1.82) is 0 Å². The molecule has 23 heavy (non-hydrogen) atoms. The van der Waals surface area contributed by atoms with Gasteiger partial charge in [-0.1, -0.05) is 26.8 Å². The van der Waals surface area contributed by atoms with Gasteiger partial charge in [-0.25, -0.2) is 4.79 Å². The number of carbonyl (C=O) groups is 1. The van der Waals surface area contributed by atoms with Crippen molar-refractivity contribution >= 4 is 17.7 Å². The Morgan fingerprint density at radius 1 is 1.22 bits per heavy atom. The van der Waals surface area contributed by atoms with E-state index in [1.54, 1.807) is 13.8 Å². The van der Waals surface area contributed by atoms with E-state index in [0.29, 0.717) is 11.8 Å². The van der Waals surface area contributed by atoms with Gasteiger partial charge in [0.15, 0.2) is 0 Å². The molecule has 0 fully saturated rings. The monoisotopic (exact) mass is 356 g/mol. The van der Waals surface area contributed by atoms with Crippen LogP contribution in [0.5, 0.6) is 0 Å². The minimum Gasteiger partial charge on any atom is -0.478 e. The quantitative estimate of drug-likeness (QED) is 0.551. The molecule has 0 saturated carbocycles. The van der Waals surface area contributed by atoms with Crippen molar-refractivity contribution in [3.05, 3.63) is 28.8 Å². The molecule has 0 heterocycles. The minimum atomic E-state index is -5.74. The van der Waals surface area contributed by atoms with Crippen molar-refractivity contribution in [2.45, 2.75) is 44.2 Å². The second-order valence-electron chi connectivity index (χ2n) is 5.40. The number of benzene rings is 1. The predicted molar refractivity (Wildman–Crippen MR) is 78.3 cm³/mol. The smallest absolute Gasteiger partial charge is 0.458 e. The van der Waals surface area contributed by atoms with Gasteiger partial charge >= 0.3 is 18.1 Å². The van der Waals surface area contributed by atoms with E-state index < -0.39 is 23.6 Å². The van der Waals surface area contributed by atoms with Gasteiger partial charge in [0.1, 0.15) is 0 Å². The molecule has 0 saturated heterocycles. The van der Waals surface area contributed by atoms with E-state index in [4.69, 9.17) is 5.11 Å². The van der Waals surface area contributed by atoms with Crippen LogP contribution in [0.3, 0.4) is 0 Å². The summed E-state index contributed by atoms with van der Waals surface area (Å²) in [6.07, 6.45) is -5.69. The molecular formula is C15H17F5O2S. The molecule has 1 rings (SSSR count). The minimum absolute atomic E-state index is 0.00424. The van der Waals surface area contributed by atoms with E-state index in [1.807, 2.05) is 0 Å². The van der Waals surface area contributed by atoms with Crippen LogP contribution in [0.25, 0.3) is 0 Å². The zero-order valence-electron chi connectivity index (χ0n) is 12.8. The lowest BCUT2D eigenvalue weighted by Crippen LogP contribution is -2.34. The first kappa shape index (κ1) is 19.7. The van der Waals surface area contributed by atoms with Crippen LogP contribution in [0.15, 0.2) is 17.0 Å². The number of halogens is 5. The summed E-state index contributed by atoms with van der Waals surface area (Å²) in [6.45, 7) is 5.11. The SMILES string of the molecule is CCc1c(C(=O)O)ccc(C(F)(F)C(F)(F)F)c1SCC(C)C. The van der Waals surface area contributed by atoms with Crippen molar-refractivity contribution in [1.82, 2.24) is 0 Å². The molecule has 0 unspecified atom stereocenters. The maximum Gasteiger partial charge on any atom is 0.458 e. The Kier molecular flexibility index (Phi) is 6.06. The first-order chi connectivity index (χ1) is 10.4. The molecule has 0 aliphatic carbocycles. The molecule has 130 valence electrons. The average Bonchev–Trinajstić information content (AvgIpc) is 2.42. The first-order valence-electron chi connectivity index (χ1n) is 6.90. The maximum absolute atomic E-state index is 13.8. The molecule has 0 bridgehead atoms. The van der Waals surface area contributed by atoms with Crippen molar-refractivity contribution in [2.75, 3.05) is 5.75 Å². The number of hydrogen-bond donors (Lipinski definition) is 1. The fourth-order valence-corrected chi connectivity index (χ4v) is 3.27. The third-order valence-electron chi connectivity index (χ3n) is 3.10. The lowest BCUT2D eigenvalue weighted by Gasteiger charge is -2.25. The van der Waals surface area contributed by atoms with E-state index >= 15 is 0 Å². The summed E-state index contributed by atoms with van der Waals surface area (Å²) in [7, 11) is 0. The summed E-state index contributed by atoms with van der Waals surface area (Å²) in [5.41, 5.74) is -1.43. The summed E-state index contributed by atoms with van der Waals surface area (Å²) in [5, 5.41) is 9.13. The van der Waals surface area contributed by atoms with Crippen LogP contribution in [0, 0.1) is 5.92 Å². The van der Waals surface area contributed by atoms with Crippen molar-refractivity contribution in [3.63, 3.8) is 0 Å². The van der Waals surface area contributed by atoms with E-state index in [0.717, 1.165) is 17.8 Å². The summed E-state index contributed by atoms with van der Waals surface area (Å²) in [4.78, 5) is 10.9. The third kappa shape index (κ3) is 4.16. The molecule has 8 heteroatoms. The third-order valence-corrected chi connectivity index (χ3v) is 4.69. The second-order valence-corrected chi connectivity index (χ2v) is 6.43. The number of aromatic carboxylic acids is 1. The zero-order valence-corrected chi connectivity index (χ0v) is 13.6. The Labute approximate surface area is 135 Å². The largest absolute Gasteiger partial charge is 0.478 e. The highest BCUT2D eigenvalue weighted by molar-refractivity contribution is 7.99. The molecule has 0 radical (unpaired) electrons. The highest BCUT2D eigenvalue weighted by Crippen LogP contribution is 2.48. The molecule has 0 amide bonds. The van der Waals surface area contributed by atoms with Gasteiger partial charge < -0.3 is 5.11 Å². The van der Waals surface area contributed by atoms with Crippen LogP contribution in [0.2, 0.25) is 0 Å². The Morgan fingerprint density at radius 3 is 2.17 bits per heavy atom. The molecule has 0 aromatic heterocycles. The van der Waals surface area contributed by atoms with Gasteiger partial charge in [-0.15, -0.1) is 11.8 Å². The first-order valence-corrected chi connectivity index (χ1v) is 7.89. The van der Waals surface area contributed by atoms with Gasteiger partial charge in [-0.05, 0) is 24.0 Å². The van der Waals surface area contributed by atoms with Crippen molar-refractivity contribution < 1.29 is 31.9 Å². The second kappa shape index (κ2) is 7.07. The Morgan fingerprint density at radius 2 is 1.78 bits per heavy atom. The van der Waals surface area contributed by atoms with Gasteiger partial charge in [0, 0.05) is 16.2 Å². The fraction of sp³-hybridized carbons (Fsp3) is 0.533. The fourth-order valence-electron chi connectivity index (χ4n) is 1.99. The van der Waals surface area contributed by atoms with Gasteiger partial charge in [-0.2, -0.15) is 22.0 Å². The van der Waals surface area contributed by atoms with Crippen LogP contribution in [0.4, 0.5) is 22.0 Å². The van der Waals surface area contributed by atoms with Crippen LogP contribution < -0.4 is 0 Å². The van der Waals surface area contributed by atoms with Crippen molar-refractivity contribution in [2.24, 2.45) is 5.92 Å². The standard InChI is InChI=1S/C15H17F5O2S/c1-4-9-10(13(21)22)5-6-11(12(9)23-7-8(2)3)14(16,17)15(18,19)20/h5-6,8H,4,7H2,1-3H3,(H,21,22). The maximum atomic E-state index is 13.8. The topological polar surface area (TPSA) is 37.3 Å². The molecule has 0 atom stereocenters. The highest BCUT2D eigenvalue weighted by Gasteiger charge is 2.59. The number of alkyl halides is 5. The number of hydrogen-bond acceptors (Lipinski definition) is 2. The number of carboxylic acid groups (broad SMARTS) is 1. The van der Waals surface area contributed by atoms with E-state index in [9.17, 15) is 26.7 Å². The molecule has 2 nitrogen and oxygen atoms in total. The molecule has 1 aromatic carbocycles. The lowest BCUT2D eigenvalue weighted by atomic mass is 9.98. The zero-order chi connectivity index (χ0) is 18.0. The van der Waals surface area contributed by atoms with Crippen LogP contribution in [-0.4, -0.2) is 23.0 Å². The summed E-state index contributed by atoms with van der Waals surface area (Å²) in [5.74, 6) is -6.04. The number of thioether (sulfide) groups is 1. The normalized spacial score (nSPS) is 12.7. The van der Waals surface area contributed by atoms with Crippen LogP contribution >= 0.6 is 11.8 Å². The molecule has 1 aromatic rings. The summed E-state index contributed by atoms with van der Waals surface area (Å²) >= 11 is 0.838. The predicted octanol–water partition coefficient (Wildman–Crippen LogP) is 5.35. The van der Waals surface area contributed by atoms with Gasteiger partial charge in [0.05, 0.1) is 5.56 Å². The number of carboxylic acids is 1. The lowest BCUT2D eigenvalue weighted by molar-refractivity contribution is -0.290. The van der Waals surface area contributed by atoms with Gasteiger partial charge in [0.25, 0.3) is 0 Å². The molecule has 1 N–H and O–H groups in total. The highest BCUT2D eigenvalue weighted by atomic mass is 32.2. The summed E-state index contributed by atoms with van der Waals surface area (Å²) in [6, 6.07) is 1.38. The molecular weight excluding hydrogens is 339 g/mol.